The maximum absolute atomic E-state index is 9.46. The lowest BCUT2D eigenvalue weighted by molar-refractivity contribution is 0.476. The van der Waals surface area contributed by atoms with Gasteiger partial charge < -0.3 is 10.4 Å². The SMILES string of the molecule is CNc1ccc(C=CC=Cc2nc3ccc(O)cc3s2)cc1. The molecule has 22 heavy (non-hydrogen) atoms. The molecule has 0 saturated heterocycles. The number of allylic oxidation sites excluding steroid dienone is 2. The number of nitrogens with one attached hydrogen (secondary N) is 1. The zero-order valence-electron chi connectivity index (χ0n) is 12.2. The predicted octanol–water partition coefficient (Wildman–Crippen LogP) is 4.77. The number of benzene rings is 2. The second-order valence-electron chi connectivity index (χ2n) is 4.79. The zero-order valence-corrected chi connectivity index (χ0v) is 13.0. The summed E-state index contributed by atoms with van der Waals surface area (Å²) in [6.07, 6.45) is 8.00. The summed E-state index contributed by atoms with van der Waals surface area (Å²) in [7, 11) is 1.91. The van der Waals surface area contributed by atoms with Crippen LogP contribution in [-0.2, 0) is 0 Å². The molecule has 2 aromatic carbocycles. The van der Waals surface area contributed by atoms with E-state index in [1.807, 2.05) is 43.5 Å². The third-order valence-electron chi connectivity index (χ3n) is 3.23. The second-order valence-corrected chi connectivity index (χ2v) is 5.86. The number of phenols is 1. The Morgan fingerprint density at radius 3 is 2.59 bits per heavy atom. The molecule has 0 aliphatic heterocycles. The van der Waals surface area contributed by atoms with E-state index in [0.29, 0.717) is 0 Å². The zero-order chi connectivity index (χ0) is 15.4. The van der Waals surface area contributed by atoms with E-state index < -0.39 is 0 Å². The van der Waals surface area contributed by atoms with Gasteiger partial charge in [0, 0.05) is 12.7 Å². The van der Waals surface area contributed by atoms with Crippen LogP contribution in [0.3, 0.4) is 0 Å². The molecular weight excluding hydrogens is 292 g/mol. The minimum absolute atomic E-state index is 0.275. The lowest BCUT2D eigenvalue weighted by atomic mass is 10.2. The van der Waals surface area contributed by atoms with Crippen molar-refractivity contribution >= 4 is 39.4 Å². The van der Waals surface area contributed by atoms with Crippen LogP contribution in [0.5, 0.6) is 5.75 Å². The molecule has 0 aliphatic rings. The maximum Gasteiger partial charge on any atom is 0.117 e. The van der Waals surface area contributed by atoms with E-state index in [4.69, 9.17) is 0 Å². The number of phenolic OH excluding ortho intramolecular Hbond substituents is 1. The van der Waals surface area contributed by atoms with E-state index in [1.165, 1.54) is 0 Å². The van der Waals surface area contributed by atoms with Gasteiger partial charge in [0.25, 0.3) is 0 Å². The van der Waals surface area contributed by atoms with Crippen LogP contribution in [0.2, 0.25) is 0 Å². The molecule has 0 spiro atoms. The molecule has 0 fully saturated rings. The van der Waals surface area contributed by atoms with Gasteiger partial charge in [-0.3, -0.25) is 0 Å². The Hall–Kier alpha value is -2.59. The third kappa shape index (κ3) is 3.35. The number of hydrogen-bond acceptors (Lipinski definition) is 4. The molecule has 0 radical (unpaired) electrons. The second kappa shape index (κ2) is 6.45. The Kier molecular flexibility index (Phi) is 4.21. The van der Waals surface area contributed by atoms with Crippen molar-refractivity contribution in [1.82, 2.24) is 4.98 Å². The van der Waals surface area contributed by atoms with Crippen molar-refractivity contribution in [3.63, 3.8) is 0 Å². The third-order valence-corrected chi connectivity index (χ3v) is 4.21. The molecule has 2 N–H and O–H groups in total. The Labute approximate surface area is 133 Å². The number of hydrogen-bond donors (Lipinski definition) is 2. The molecule has 3 rings (SSSR count). The quantitative estimate of drug-likeness (QED) is 0.682. The fourth-order valence-corrected chi connectivity index (χ4v) is 2.98. The molecule has 0 aliphatic carbocycles. The molecule has 1 heterocycles. The van der Waals surface area contributed by atoms with E-state index in [-0.39, 0.29) is 5.75 Å². The molecule has 0 unspecified atom stereocenters. The van der Waals surface area contributed by atoms with Crippen LogP contribution in [-0.4, -0.2) is 17.1 Å². The highest BCUT2D eigenvalue weighted by Gasteiger charge is 2.01. The first-order valence-electron chi connectivity index (χ1n) is 6.97. The normalized spacial score (nSPS) is 11.7. The number of aromatic hydroxyl groups is 1. The van der Waals surface area contributed by atoms with E-state index in [9.17, 15) is 5.11 Å². The molecule has 0 atom stereocenters. The fraction of sp³-hybridized carbons (Fsp3) is 0.0556. The minimum atomic E-state index is 0.275. The number of anilines is 1. The van der Waals surface area contributed by atoms with Crippen LogP contribution in [0, 0.1) is 0 Å². The summed E-state index contributed by atoms with van der Waals surface area (Å²) in [6, 6.07) is 13.4. The van der Waals surface area contributed by atoms with E-state index in [1.54, 1.807) is 23.5 Å². The van der Waals surface area contributed by atoms with Gasteiger partial charge in [-0.2, -0.15) is 0 Å². The number of aromatic nitrogens is 1. The Balaban J connectivity index is 1.70. The smallest absolute Gasteiger partial charge is 0.117 e. The van der Waals surface area contributed by atoms with Crippen molar-refractivity contribution in [3.05, 3.63) is 65.2 Å². The Morgan fingerprint density at radius 1 is 1.05 bits per heavy atom. The number of rotatable bonds is 4. The average Bonchev–Trinajstić information content (AvgIpc) is 2.94. The molecule has 110 valence electrons. The summed E-state index contributed by atoms with van der Waals surface area (Å²) in [5.74, 6) is 0.275. The standard InChI is InChI=1S/C18H16N2OS/c1-19-14-8-6-13(7-9-14)4-2-3-5-18-20-16-11-10-15(21)12-17(16)22-18/h2-12,19,21H,1H3. The van der Waals surface area contributed by atoms with E-state index in [0.717, 1.165) is 26.5 Å². The molecule has 4 heteroatoms. The Morgan fingerprint density at radius 2 is 1.82 bits per heavy atom. The summed E-state index contributed by atoms with van der Waals surface area (Å²) >= 11 is 1.56. The first-order chi connectivity index (χ1) is 10.7. The van der Waals surface area contributed by atoms with Gasteiger partial charge >= 0.3 is 0 Å². The van der Waals surface area contributed by atoms with Crippen LogP contribution >= 0.6 is 11.3 Å². The van der Waals surface area contributed by atoms with Crippen LogP contribution < -0.4 is 5.32 Å². The molecule has 3 nitrogen and oxygen atoms in total. The molecule has 3 aromatic rings. The topological polar surface area (TPSA) is 45.2 Å². The van der Waals surface area contributed by atoms with Crippen LogP contribution in [0.25, 0.3) is 22.4 Å². The van der Waals surface area contributed by atoms with Gasteiger partial charge in [-0.25, -0.2) is 4.98 Å². The number of fused-ring (bicyclic) bond motifs is 1. The summed E-state index contributed by atoms with van der Waals surface area (Å²) in [5.41, 5.74) is 3.16. The van der Waals surface area contributed by atoms with Crippen molar-refractivity contribution in [2.75, 3.05) is 12.4 Å². The number of thiazole rings is 1. The molecule has 0 saturated carbocycles. The van der Waals surface area contributed by atoms with Crippen LogP contribution in [0.1, 0.15) is 10.6 Å². The van der Waals surface area contributed by atoms with Crippen molar-refractivity contribution in [3.8, 4) is 5.75 Å². The summed E-state index contributed by atoms with van der Waals surface area (Å²) in [5, 5.41) is 13.5. The average molecular weight is 308 g/mol. The predicted molar refractivity (Wildman–Crippen MR) is 95.3 cm³/mol. The van der Waals surface area contributed by atoms with Gasteiger partial charge in [-0.05, 0) is 42.0 Å². The van der Waals surface area contributed by atoms with Gasteiger partial charge in [0.2, 0.25) is 0 Å². The molecular formula is C18H16N2OS. The summed E-state index contributed by atoms with van der Waals surface area (Å²) in [6.45, 7) is 0. The fourth-order valence-electron chi connectivity index (χ4n) is 2.07. The van der Waals surface area contributed by atoms with Crippen LogP contribution in [0.15, 0.2) is 54.6 Å². The summed E-state index contributed by atoms with van der Waals surface area (Å²) in [4.78, 5) is 4.50. The lowest BCUT2D eigenvalue weighted by Crippen LogP contribution is -1.86. The molecule has 0 bridgehead atoms. The van der Waals surface area contributed by atoms with E-state index in [2.05, 4.69) is 28.5 Å². The van der Waals surface area contributed by atoms with Crippen molar-refractivity contribution in [2.24, 2.45) is 0 Å². The largest absolute Gasteiger partial charge is 0.508 e. The highest BCUT2D eigenvalue weighted by atomic mass is 32.1. The van der Waals surface area contributed by atoms with Crippen molar-refractivity contribution < 1.29 is 5.11 Å². The molecule has 0 amide bonds. The van der Waals surface area contributed by atoms with Gasteiger partial charge in [-0.15, -0.1) is 11.3 Å². The Bertz CT molecular complexity index is 832. The lowest BCUT2D eigenvalue weighted by Gasteiger charge is -1.98. The van der Waals surface area contributed by atoms with Crippen molar-refractivity contribution in [1.29, 1.82) is 0 Å². The first kappa shape index (κ1) is 14.4. The van der Waals surface area contributed by atoms with Crippen LogP contribution in [0.4, 0.5) is 5.69 Å². The first-order valence-corrected chi connectivity index (χ1v) is 7.78. The van der Waals surface area contributed by atoms with E-state index >= 15 is 0 Å². The van der Waals surface area contributed by atoms with Crippen molar-refractivity contribution in [2.45, 2.75) is 0 Å². The monoisotopic (exact) mass is 308 g/mol. The minimum Gasteiger partial charge on any atom is -0.508 e. The van der Waals surface area contributed by atoms with Gasteiger partial charge in [0.1, 0.15) is 10.8 Å². The maximum atomic E-state index is 9.46. The highest BCUT2D eigenvalue weighted by Crippen LogP contribution is 2.26. The van der Waals surface area contributed by atoms with Gasteiger partial charge in [0.15, 0.2) is 0 Å². The number of nitrogens with zero attached hydrogens (tertiary/aromatic N) is 1. The highest BCUT2D eigenvalue weighted by molar-refractivity contribution is 7.19. The molecule has 1 aromatic heterocycles. The summed E-state index contributed by atoms with van der Waals surface area (Å²) < 4.78 is 0.992. The van der Waals surface area contributed by atoms with Gasteiger partial charge in [-0.1, -0.05) is 30.4 Å². The van der Waals surface area contributed by atoms with Gasteiger partial charge in [0.05, 0.1) is 10.2 Å².